The van der Waals surface area contributed by atoms with E-state index in [0.717, 1.165) is 18.4 Å². The fraction of sp³-hybridized carbons (Fsp3) is 0.278. The van der Waals surface area contributed by atoms with E-state index in [1.165, 1.54) is 11.0 Å². The summed E-state index contributed by atoms with van der Waals surface area (Å²) in [6.45, 7) is 2.84. The number of nitrogens with zero attached hydrogens (tertiary/aromatic N) is 1. The van der Waals surface area contributed by atoms with Crippen LogP contribution in [0.5, 0.6) is 5.75 Å². The Kier molecular flexibility index (Phi) is 4.57. The number of sulfone groups is 1. The monoisotopic (exact) mass is 345 g/mol. The molecule has 0 fully saturated rings. The number of carbonyl (C=O) groups is 1. The summed E-state index contributed by atoms with van der Waals surface area (Å²) in [6, 6.07) is 13.9. The first-order valence-corrected chi connectivity index (χ1v) is 9.40. The van der Waals surface area contributed by atoms with Crippen molar-refractivity contribution in [3.63, 3.8) is 0 Å². The predicted octanol–water partition coefficient (Wildman–Crippen LogP) is 3.78. The van der Waals surface area contributed by atoms with Gasteiger partial charge >= 0.3 is 5.24 Å². The van der Waals surface area contributed by atoms with Crippen LogP contribution >= 0.6 is 0 Å². The summed E-state index contributed by atoms with van der Waals surface area (Å²) in [7, 11) is -3.94. The molecule has 1 heterocycles. The third-order valence-corrected chi connectivity index (χ3v) is 5.56. The maximum absolute atomic E-state index is 12.4. The van der Waals surface area contributed by atoms with E-state index in [-0.39, 0.29) is 11.4 Å². The van der Waals surface area contributed by atoms with E-state index in [4.69, 9.17) is 4.74 Å². The first kappa shape index (κ1) is 16.5. The lowest BCUT2D eigenvalue weighted by Gasteiger charge is -2.18. The predicted molar refractivity (Wildman–Crippen MR) is 92.1 cm³/mol. The van der Waals surface area contributed by atoms with Crippen LogP contribution in [-0.4, -0.2) is 20.3 Å². The van der Waals surface area contributed by atoms with Gasteiger partial charge in [0.15, 0.2) is 0 Å². The molecule has 0 aliphatic carbocycles. The molecule has 0 saturated heterocycles. The van der Waals surface area contributed by atoms with Crippen molar-refractivity contribution in [1.82, 2.24) is 0 Å². The summed E-state index contributed by atoms with van der Waals surface area (Å²) in [4.78, 5) is 13.7. The summed E-state index contributed by atoms with van der Waals surface area (Å²) < 4.78 is 30.3. The average Bonchev–Trinajstić information content (AvgIpc) is 2.78. The third kappa shape index (κ3) is 2.89. The molecule has 1 aliphatic rings. The standard InChI is InChI=1S/C18H19NO4S/c1-2-3-12-23-16-10-6-4-8-14(16)13-19-15-9-5-7-11-17(15)24(21,22)18(19)20/h4-11H,2-3,12-13H2,1H3. The number of fused-ring (bicyclic) bond motifs is 1. The molecule has 0 bridgehead atoms. The van der Waals surface area contributed by atoms with Gasteiger partial charge in [-0.2, -0.15) is 0 Å². The molecule has 1 amide bonds. The van der Waals surface area contributed by atoms with Gasteiger partial charge in [-0.25, -0.2) is 8.42 Å². The van der Waals surface area contributed by atoms with Gasteiger partial charge in [0, 0.05) is 5.56 Å². The maximum Gasteiger partial charge on any atom is 0.348 e. The molecule has 0 N–H and O–H groups in total. The lowest BCUT2D eigenvalue weighted by atomic mass is 10.1. The van der Waals surface area contributed by atoms with E-state index < -0.39 is 15.1 Å². The smallest absolute Gasteiger partial charge is 0.348 e. The topological polar surface area (TPSA) is 63.7 Å². The summed E-state index contributed by atoms with van der Waals surface area (Å²) >= 11 is 0. The number of ether oxygens (including phenoxy) is 1. The minimum atomic E-state index is -3.94. The number of benzene rings is 2. The van der Waals surface area contributed by atoms with Crippen LogP contribution in [0.4, 0.5) is 10.5 Å². The Balaban J connectivity index is 1.91. The lowest BCUT2D eigenvalue weighted by molar-refractivity contribution is 0.263. The largest absolute Gasteiger partial charge is 0.493 e. The molecule has 0 aromatic heterocycles. The number of hydrogen-bond acceptors (Lipinski definition) is 4. The molecule has 0 unspecified atom stereocenters. The molecule has 0 saturated carbocycles. The van der Waals surface area contributed by atoms with Gasteiger partial charge in [-0.05, 0) is 24.6 Å². The summed E-state index contributed by atoms with van der Waals surface area (Å²) in [5.74, 6) is 0.681. The van der Waals surface area contributed by atoms with E-state index in [9.17, 15) is 13.2 Å². The Morgan fingerprint density at radius 1 is 1.04 bits per heavy atom. The Labute approximate surface area is 141 Å². The molecule has 1 aliphatic heterocycles. The first-order chi connectivity index (χ1) is 11.6. The molecule has 24 heavy (non-hydrogen) atoms. The van der Waals surface area contributed by atoms with Crippen molar-refractivity contribution >= 4 is 20.8 Å². The molecule has 6 heteroatoms. The van der Waals surface area contributed by atoms with Crippen molar-refractivity contribution in [2.45, 2.75) is 31.2 Å². The Hall–Kier alpha value is -2.34. The Morgan fingerprint density at radius 2 is 1.75 bits per heavy atom. The Morgan fingerprint density at radius 3 is 2.54 bits per heavy atom. The zero-order valence-electron chi connectivity index (χ0n) is 13.4. The molecule has 0 spiro atoms. The molecule has 2 aromatic rings. The molecule has 2 aromatic carbocycles. The molecular formula is C18H19NO4S. The second-order valence-corrected chi connectivity index (χ2v) is 7.43. The molecule has 3 rings (SSSR count). The second-order valence-electron chi connectivity index (χ2n) is 5.63. The van der Waals surface area contributed by atoms with Crippen LogP contribution in [0.3, 0.4) is 0 Å². The molecule has 0 radical (unpaired) electrons. The highest BCUT2D eigenvalue weighted by Crippen LogP contribution is 2.37. The van der Waals surface area contributed by atoms with Crippen LogP contribution in [0.2, 0.25) is 0 Å². The normalized spacial score (nSPS) is 15.4. The summed E-state index contributed by atoms with van der Waals surface area (Å²) in [5, 5.41) is -0.882. The van der Waals surface area contributed by atoms with E-state index in [2.05, 4.69) is 6.92 Å². The maximum atomic E-state index is 12.4. The van der Waals surface area contributed by atoms with Crippen molar-refractivity contribution in [2.75, 3.05) is 11.5 Å². The van der Waals surface area contributed by atoms with Crippen molar-refractivity contribution in [2.24, 2.45) is 0 Å². The highest BCUT2D eigenvalue weighted by atomic mass is 32.2. The SMILES string of the molecule is CCCCOc1ccccc1CN1C(=O)S(=O)(=O)c2ccccc21. The minimum Gasteiger partial charge on any atom is -0.493 e. The quantitative estimate of drug-likeness (QED) is 0.748. The summed E-state index contributed by atoms with van der Waals surface area (Å²) in [6.07, 6.45) is 1.96. The van der Waals surface area contributed by atoms with E-state index in [1.807, 2.05) is 24.3 Å². The highest BCUT2D eigenvalue weighted by Gasteiger charge is 2.41. The second kappa shape index (κ2) is 6.65. The highest BCUT2D eigenvalue weighted by molar-refractivity contribution is 8.07. The Bertz CT molecular complexity index is 861. The number of carbonyl (C=O) groups excluding carboxylic acids is 1. The van der Waals surface area contributed by atoms with Gasteiger partial charge in [0.2, 0.25) is 0 Å². The molecular weight excluding hydrogens is 326 g/mol. The zero-order valence-corrected chi connectivity index (χ0v) is 14.3. The number of para-hydroxylation sites is 2. The van der Waals surface area contributed by atoms with E-state index >= 15 is 0 Å². The van der Waals surface area contributed by atoms with E-state index in [0.29, 0.717) is 18.0 Å². The van der Waals surface area contributed by atoms with Gasteiger partial charge in [0.1, 0.15) is 10.6 Å². The molecule has 126 valence electrons. The minimum absolute atomic E-state index is 0.0689. The lowest BCUT2D eigenvalue weighted by Crippen LogP contribution is -2.28. The number of hydrogen-bond donors (Lipinski definition) is 0. The average molecular weight is 345 g/mol. The first-order valence-electron chi connectivity index (χ1n) is 7.92. The molecule has 0 atom stereocenters. The number of unbranched alkanes of at least 4 members (excludes halogenated alkanes) is 1. The van der Waals surface area contributed by atoms with Crippen LogP contribution in [0.25, 0.3) is 0 Å². The van der Waals surface area contributed by atoms with Gasteiger partial charge < -0.3 is 4.74 Å². The van der Waals surface area contributed by atoms with Crippen LogP contribution in [0.1, 0.15) is 25.3 Å². The van der Waals surface area contributed by atoms with Crippen LogP contribution < -0.4 is 9.64 Å². The van der Waals surface area contributed by atoms with Crippen molar-refractivity contribution in [3.05, 3.63) is 54.1 Å². The van der Waals surface area contributed by atoms with Gasteiger partial charge in [-0.3, -0.25) is 9.69 Å². The zero-order chi connectivity index (χ0) is 17.2. The fourth-order valence-corrected chi connectivity index (χ4v) is 4.02. The van der Waals surface area contributed by atoms with Crippen molar-refractivity contribution in [1.29, 1.82) is 0 Å². The number of anilines is 1. The molecule has 5 nitrogen and oxygen atoms in total. The van der Waals surface area contributed by atoms with Crippen LogP contribution in [0.15, 0.2) is 53.4 Å². The fourth-order valence-electron chi connectivity index (χ4n) is 2.67. The van der Waals surface area contributed by atoms with E-state index in [1.54, 1.807) is 18.2 Å². The summed E-state index contributed by atoms with van der Waals surface area (Å²) in [5.41, 5.74) is 1.21. The van der Waals surface area contributed by atoms with Crippen LogP contribution in [-0.2, 0) is 16.4 Å². The van der Waals surface area contributed by atoms with Crippen molar-refractivity contribution in [3.8, 4) is 5.75 Å². The number of amides is 1. The van der Waals surface area contributed by atoms with Crippen LogP contribution in [0, 0.1) is 0 Å². The third-order valence-electron chi connectivity index (χ3n) is 3.95. The van der Waals surface area contributed by atoms with Gasteiger partial charge in [0.25, 0.3) is 9.84 Å². The van der Waals surface area contributed by atoms with Gasteiger partial charge in [-0.1, -0.05) is 43.7 Å². The number of rotatable bonds is 6. The van der Waals surface area contributed by atoms with Gasteiger partial charge in [-0.15, -0.1) is 0 Å². The van der Waals surface area contributed by atoms with Crippen molar-refractivity contribution < 1.29 is 17.9 Å². The van der Waals surface area contributed by atoms with Gasteiger partial charge in [0.05, 0.1) is 18.8 Å².